The van der Waals surface area contributed by atoms with Crippen LogP contribution in [-0.4, -0.2) is 40.5 Å². The third-order valence-corrected chi connectivity index (χ3v) is 2.45. The summed E-state index contributed by atoms with van der Waals surface area (Å²) in [6.07, 6.45) is 0. The zero-order chi connectivity index (χ0) is 12.5. The van der Waals surface area contributed by atoms with Crippen molar-refractivity contribution in [1.82, 2.24) is 0 Å². The minimum Gasteiger partial charge on any atom is -0.383 e. The summed E-state index contributed by atoms with van der Waals surface area (Å²) >= 11 is 0. The van der Waals surface area contributed by atoms with Gasteiger partial charge in [-0.05, 0) is 29.4 Å². The van der Waals surface area contributed by atoms with Gasteiger partial charge in [0.2, 0.25) is 0 Å². The quantitative estimate of drug-likeness (QED) is 0.651. The lowest BCUT2D eigenvalue weighted by molar-refractivity contribution is 0.190. The maximum Gasteiger partial charge on any atom is 0.108 e. The van der Waals surface area contributed by atoms with Gasteiger partial charge in [-0.1, -0.05) is 0 Å². The predicted molar refractivity (Wildman–Crippen MR) is 67.9 cm³/mol. The molecule has 0 saturated heterocycles. The summed E-state index contributed by atoms with van der Waals surface area (Å²) in [6.45, 7) is 2.87. The molecule has 0 amide bonds. The zero-order valence-electron chi connectivity index (χ0n) is 10.3. The summed E-state index contributed by atoms with van der Waals surface area (Å²) < 4.78 is 10.1. The van der Waals surface area contributed by atoms with Gasteiger partial charge in [0.1, 0.15) is 5.69 Å². The van der Waals surface area contributed by atoms with E-state index < -0.39 is 0 Å². The van der Waals surface area contributed by atoms with Crippen LogP contribution in [0.2, 0.25) is 0 Å². The first-order chi connectivity index (χ1) is 8.31. The van der Waals surface area contributed by atoms with E-state index in [4.69, 9.17) is 9.47 Å². The Hall–Kier alpha value is -1.46. The summed E-state index contributed by atoms with van der Waals surface area (Å²) in [4.78, 5) is 12.5. The van der Waals surface area contributed by atoms with Gasteiger partial charge in [0.05, 0.1) is 13.2 Å². The van der Waals surface area contributed by atoms with Crippen LogP contribution in [0.15, 0.2) is 29.4 Å². The molecule has 94 valence electrons. The van der Waals surface area contributed by atoms with Crippen LogP contribution in [0.3, 0.4) is 0 Å². The molecule has 0 fully saturated rings. The SMILES string of the molecule is COCCN(CCOC)c1ccc(N=O)cc1. The van der Waals surface area contributed by atoms with Crippen LogP contribution in [0, 0.1) is 4.91 Å². The normalized spacial score (nSPS) is 10.2. The van der Waals surface area contributed by atoms with Crippen molar-refractivity contribution in [2.24, 2.45) is 5.18 Å². The van der Waals surface area contributed by atoms with E-state index >= 15 is 0 Å². The standard InChI is InChI=1S/C12H18N2O3/c1-16-9-7-14(8-10-17-2)12-5-3-11(13-15)4-6-12/h3-6H,7-10H2,1-2H3. The van der Waals surface area contributed by atoms with Crippen LogP contribution in [0.1, 0.15) is 0 Å². The molecule has 0 N–H and O–H groups in total. The molecule has 0 saturated carbocycles. The molecule has 1 rings (SSSR count). The summed E-state index contributed by atoms with van der Waals surface area (Å²) in [5.41, 5.74) is 1.47. The molecule has 17 heavy (non-hydrogen) atoms. The Labute approximate surface area is 101 Å². The average molecular weight is 238 g/mol. The average Bonchev–Trinajstić information content (AvgIpc) is 2.39. The van der Waals surface area contributed by atoms with E-state index in [0.29, 0.717) is 18.9 Å². The van der Waals surface area contributed by atoms with Gasteiger partial charge in [-0.15, -0.1) is 4.91 Å². The van der Waals surface area contributed by atoms with Crippen molar-refractivity contribution in [3.8, 4) is 0 Å². The molecule has 0 spiro atoms. The van der Waals surface area contributed by atoms with Gasteiger partial charge in [0.25, 0.3) is 0 Å². The van der Waals surface area contributed by atoms with E-state index in [-0.39, 0.29) is 0 Å². The second kappa shape index (κ2) is 7.76. The Bertz CT molecular complexity index is 319. The molecule has 0 aliphatic heterocycles. The Morgan fingerprint density at radius 1 is 1.06 bits per heavy atom. The van der Waals surface area contributed by atoms with Gasteiger partial charge < -0.3 is 14.4 Å². The highest BCUT2D eigenvalue weighted by molar-refractivity contribution is 5.52. The smallest absolute Gasteiger partial charge is 0.108 e. The maximum absolute atomic E-state index is 10.3. The summed E-state index contributed by atoms with van der Waals surface area (Å²) in [5.74, 6) is 0. The van der Waals surface area contributed by atoms with Gasteiger partial charge in [-0.25, -0.2) is 0 Å². The number of nitrogens with zero attached hydrogens (tertiary/aromatic N) is 2. The number of hydrogen-bond acceptors (Lipinski definition) is 5. The minimum absolute atomic E-state index is 0.437. The van der Waals surface area contributed by atoms with Crippen LogP contribution in [0.25, 0.3) is 0 Å². The van der Waals surface area contributed by atoms with Crippen molar-refractivity contribution in [2.45, 2.75) is 0 Å². The largest absolute Gasteiger partial charge is 0.383 e. The highest BCUT2D eigenvalue weighted by atomic mass is 16.5. The van der Waals surface area contributed by atoms with Gasteiger partial charge in [-0.2, -0.15) is 0 Å². The maximum atomic E-state index is 10.3. The lowest BCUT2D eigenvalue weighted by atomic mass is 10.2. The van der Waals surface area contributed by atoms with Crippen LogP contribution < -0.4 is 4.90 Å². The second-order valence-corrected chi connectivity index (χ2v) is 3.58. The van der Waals surface area contributed by atoms with E-state index in [0.717, 1.165) is 18.8 Å². The number of methoxy groups -OCH3 is 2. The summed E-state index contributed by atoms with van der Waals surface area (Å²) in [7, 11) is 3.35. The number of anilines is 1. The summed E-state index contributed by atoms with van der Waals surface area (Å²) in [5, 5.41) is 2.88. The number of benzene rings is 1. The lowest BCUT2D eigenvalue weighted by Crippen LogP contribution is -2.30. The highest BCUT2D eigenvalue weighted by Crippen LogP contribution is 2.19. The molecule has 1 aromatic carbocycles. The highest BCUT2D eigenvalue weighted by Gasteiger charge is 2.06. The Kier molecular flexibility index (Phi) is 6.21. The molecular weight excluding hydrogens is 220 g/mol. The number of hydrogen-bond donors (Lipinski definition) is 0. The first-order valence-corrected chi connectivity index (χ1v) is 5.48. The minimum atomic E-state index is 0.437. The third kappa shape index (κ3) is 4.50. The van der Waals surface area contributed by atoms with E-state index in [1.54, 1.807) is 26.4 Å². The van der Waals surface area contributed by atoms with Crippen molar-refractivity contribution in [3.05, 3.63) is 29.2 Å². The van der Waals surface area contributed by atoms with Crippen molar-refractivity contribution >= 4 is 11.4 Å². The number of ether oxygens (including phenoxy) is 2. The fraction of sp³-hybridized carbons (Fsp3) is 0.500. The molecule has 1 aromatic rings. The molecule has 0 heterocycles. The molecule has 0 bridgehead atoms. The third-order valence-electron chi connectivity index (χ3n) is 2.45. The molecular formula is C12H18N2O3. The van der Waals surface area contributed by atoms with Crippen LogP contribution in [0.5, 0.6) is 0 Å². The fourth-order valence-electron chi connectivity index (χ4n) is 1.50. The van der Waals surface area contributed by atoms with Gasteiger partial charge in [0.15, 0.2) is 0 Å². The Morgan fingerprint density at radius 3 is 2.00 bits per heavy atom. The summed E-state index contributed by atoms with van der Waals surface area (Å²) in [6, 6.07) is 7.16. The van der Waals surface area contributed by atoms with Crippen molar-refractivity contribution in [3.63, 3.8) is 0 Å². The second-order valence-electron chi connectivity index (χ2n) is 3.58. The van der Waals surface area contributed by atoms with Crippen molar-refractivity contribution in [1.29, 1.82) is 0 Å². The van der Waals surface area contributed by atoms with E-state index in [2.05, 4.69) is 10.1 Å². The topological polar surface area (TPSA) is 51.1 Å². The van der Waals surface area contributed by atoms with Gasteiger partial charge in [0, 0.05) is 33.0 Å². The van der Waals surface area contributed by atoms with Crippen LogP contribution >= 0.6 is 0 Å². The van der Waals surface area contributed by atoms with Crippen LogP contribution in [0.4, 0.5) is 11.4 Å². The first-order valence-electron chi connectivity index (χ1n) is 5.48. The monoisotopic (exact) mass is 238 g/mol. The zero-order valence-corrected chi connectivity index (χ0v) is 10.3. The Balaban J connectivity index is 2.68. The van der Waals surface area contributed by atoms with E-state index in [9.17, 15) is 4.91 Å². The molecule has 0 aromatic heterocycles. The van der Waals surface area contributed by atoms with Crippen molar-refractivity contribution < 1.29 is 9.47 Å². The number of rotatable bonds is 8. The molecule has 5 nitrogen and oxygen atoms in total. The fourth-order valence-corrected chi connectivity index (χ4v) is 1.50. The van der Waals surface area contributed by atoms with Gasteiger partial charge >= 0.3 is 0 Å². The van der Waals surface area contributed by atoms with Gasteiger partial charge in [-0.3, -0.25) is 0 Å². The number of nitroso groups, excluding NO2 is 1. The molecule has 0 aliphatic rings. The molecule has 0 aliphatic carbocycles. The molecule has 0 unspecified atom stereocenters. The van der Waals surface area contributed by atoms with E-state index in [1.807, 2.05) is 12.1 Å². The first kappa shape index (κ1) is 13.6. The predicted octanol–water partition coefficient (Wildman–Crippen LogP) is 2.18. The molecule has 0 radical (unpaired) electrons. The van der Waals surface area contributed by atoms with E-state index in [1.165, 1.54) is 0 Å². The van der Waals surface area contributed by atoms with Crippen LogP contribution in [-0.2, 0) is 9.47 Å². The lowest BCUT2D eigenvalue weighted by Gasteiger charge is -2.24. The van der Waals surface area contributed by atoms with Crippen molar-refractivity contribution in [2.75, 3.05) is 45.4 Å². The Morgan fingerprint density at radius 2 is 1.59 bits per heavy atom. The molecule has 0 atom stereocenters. The molecule has 5 heteroatoms.